The van der Waals surface area contributed by atoms with Gasteiger partial charge in [0.2, 0.25) is 0 Å². The number of nitrogens with zero attached hydrogens (tertiary/aromatic N) is 1. The first kappa shape index (κ1) is 14.7. The molecule has 3 heteroatoms. The Hall–Kier alpha value is -1.69. The summed E-state index contributed by atoms with van der Waals surface area (Å²) in [6, 6.07) is 10.4. The Morgan fingerprint density at radius 2 is 2.25 bits per heavy atom. The first-order valence-electron chi connectivity index (χ1n) is 7.55. The van der Waals surface area contributed by atoms with Crippen LogP contribution in [0.4, 0.5) is 5.69 Å². The van der Waals surface area contributed by atoms with Crippen molar-refractivity contribution in [3.63, 3.8) is 0 Å². The zero-order valence-corrected chi connectivity index (χ0v) is 12.5. The average molecular weight is 272 g/mol. The monoisotopic (exact) mass is 272 g/mol. The van der Waals surface area contributed by atoms with Gasteiger partial charge in [-0.05, 0) is 43.7 Å². The van der Waals surface area contributed by atoms with E-state index in [9.17, 15) is 5.26 Å². The molecule has 0 saturated heterocycles. The summed E-state index contributed by atoms with van der Waals surface area (Å²) in [5.41, 5.74) is 0.553. The fraction of sp³-hybridized carbons (Fsp3) is 0.588. The number of rotatable bonds is 4. The predicted molar refractivity (Wildman–Crippen MR) is 81.8 cm³/mol. The minimum absolute atomic E-state index is 0.420. The third-order valence-electron chi connectivity index (χ3n) is 4.44. The average Bonchev–Trinajstić information content (AvgIpc) is 2.70. The van der Waals surface area contributed by atoms with Crippen LogP contribution in [0.1, 0.15) is 45.4 Å². The number of nitriles is 1. The van der Waals surface area contributed by atoms with Crippen molar-refractivity contribution in [3.05, 3.63) is 24.3 Å². The Kier molecular flexibility index (Phi) is 4.89. The van der Waals surface area contributed by atoms with Crippen LogP contribution in [0.2, 0.25) is 0 Å². The maximum atomic E-state index is 9.67. The number of ether oxygens (including phenoxy) is 1. The molecule has 1 saturated carbocycles. The van der Waals surface area contributed by atoms with Gasteiger partial charge < -0.3 is 10.1 Å². The molecule has 0 aliphatic heterocycles. The Balaban J connectivity index is 2.13. The van der Waals surface area contributed by atoms with E-state index in [4.69, 9.17) is 4.74 Å². The molecule has 2 unspecified atom stereocenters. The van der Waals surface area contributed by atoms with Crippen LogP contribution >= 0.6 is 0 Å². The second-order valence-electron chi connectivity index (χ2n) is 5.76. The fourth-order valence-corrected chi connectivity index (χ4v) is 3.06. The van der Waals surface area contributed by atoms with Crippen LogP contribution in [0.15, 0.2) is 24.3 Å². The molecule has 0 aromatic heterocycles. The number of hydrogen-bond acceptors (Lipinski definition) is 3. The number of hydrogen-bond donors (Lipinski definition) is 1. The molecule has 0 amide bonds. The Morgan fingerprint density at radius 1 is 1.40 bits per heavy atom. The first-order chi connectivity index (χ1) is 9.71. The highest BCUT2D eigenvalue weighted by Crippen LogP contribution is 2.34. The molecular weight excluding hydrogens is 248 g/mol. The largest absolute Gasteiger partial charge is 0.497 e. The Labute approximate surface area is 121 Å². The lowest BCUT2D eigenvalue weighted by Gasteiger charge is -2.28. The van der Waals surface area contributed by atoms with Gasteiger partial charge in [-0.3, -0.25) is 0 Å². The van der Waals surface area contributed by atoms with Crippen molar-refractivity contribution in [2.45, 2.75) is 51.0 Å². The van der Waals surface area contributed by atoms with Crippen LogP contribution in [0.3, 0.4) is 0 Å². The number of nitrogens with one attached hydrogen (secondary N) is 1. The van der Waals surface area contributed by atoms with E-state index in [1.165, 1.54) is 12.8 Å². The van der Waals surface area contributed by atoms with Crippen molar-refractivity contribution in [2.24, 2.45) is 5.92 Å². The molecule has 1 N–H and O–H groups in total. The second-order valence-corrected chi connectivity index (χ2v) is 5.76. The summed E-state index contributed by atoms with van der Waals surface area (Å²) >= 11 is 0. The molecule has 2 atom stereocenters. The van der Waals surface area contributed by atoms with Crippen LogP contribution < -0.4 is 10.1 Å². The van der Waals surface area contributed by atoms with E-state index in [1.54, 1.807) is 7.11 Å². The van der Waals surface area contributed by atoms with Gasteiger partial charge in [0.25, 0.3) is 0 Å². The number of methoxy groups -OCH3 is 1. The summed E-state index contributed by atoms with van der Waals surface area (Å²) in [4.78, 5) is 0. The molecule has 108 valence electrons. The third kappa shape index (κ3) is 3.45. The topological polar surface area (TPSA) is 45.0 Å². The smallest absolute Gasteiger partial charge is 0.125 e. The minimum Gasteiger partial charge on any atom is -0.497 e. The van der Waals surface area contributed by atoms with Crippen LogP contribution in [-0.4, -0.2) is 12.6 Å². The van der Waals surface area contributed by atoms with Gasteiger partial charge in [-0.15, -0.1) is 0 Å². The predicted octanol–water partition coefficient (Wildman–Crippen LogP) is 4.36. The highest BCUT2D eigenvalue weighted by molar-refractivity contribution is 5.51. The van der Waals surface area contributed by atoms with Gasteiger partial charge in [0.15, 0.2) is 0 Å². The van der Waals surface area contributed by atoms with Crippen LogP contribution in [-0.2, 0) is 0 Å². The van der Waals surface area contributed by atoms with Crippen LogP contribution in [0.25, 0.3) is 0 Å². The molecule has 0 bridgehead atoms. The highest BCUT2D eigenvalue weighted by atomic mass is 16.5. The molecule has 1 fully saturated rings. The van der Waals surface area contributed by atoms with Crippen LogP contribution in [0.5, 0.6) is 5.75 Å². The van der Waals surface area contributed by atoms with E-state index < -0.39 is 5.54 Å². The fourth-order valence-electron chi connectivity index (χ4n) is 3.06. The molecule has 0 spiro atoms. The molecule has 1 aromatic carbocycles. The molecule has 3 nitrogen and oxygen atoms in total. The van der Waals surface area contributed by atoms with Crippen molar-refractivity contribution >= 4 is 5.69 Å². The van der Waals surface area contributed by atoms with Crippen molar-refractivity contribution in [2.75, 3.05) is 12.4 Å². The van der Waals surface area contributed by atoms with Crippen molar-refractivity contribution in [1.82, 2.24) is 0 Å². The van der Waals surface area contributed by atoms with Gasteiger partial charge in [0, 0.05) is 11.8 Å². The standard InChI is InChI=1S/C17H24N2O/c1-3-14-6-5-10-17(13-18,11-9-14)19-15-7-4-8-16(12-15)20-2/h4,7-8,12,14,19H,3,5-6,9-11H2,1-2H3. The Bertz CT molecular complexity index is 480. The second kappa shape index (κ2) is 6.65. The maximum Gasteiger partial charge on any atom is 0.125 e. The maximum absolute atomic E-state index is 9.67. The summed E-state index contributed by atoms with van der Waals surface area (Å²) in [5, 5.41) is 13.1. The lowest BCUT2D eigenvalue weighted by molar-refractivity contribution is 0.414. The van der Waals surface area contributed by atoms with Crippen LogP contribution in [0, 0.1) is 17.2 Å². The summed E-state index contributed by atoms with van der Waals surface area (Å²) in [6.45, 7) is 2.25. The highest BCUT2D eigenvalue weighted by Gasteiger charge is 2.32. The summed E-state index contributed by atoms with van der Waals surface area (Å²) in [6.07, 6.45) is 6.60. The quantitative estimate of drug-likeness (QED) is 0.828. The lowest BCUT2D eigenvalue weighted by Crippen LogP contribution is -2.36. The molecule has 20 heavy (non-hydrogen) atoms. The van der Waals surface area contributed by atoms with Crippen molar-refractivity contribution in [3.8, 4) is 11.8 Å². The molecule has 1 aromatic rings. The Morgan fingerprint density at radius 3 is 2.95 bits per heavy atom. The molecule has 0 radical (unpaired) electrons. The van der Waals surface area contributed by atoms with Gasteiger partial charge in [0.05, 0.1) is 13.2 Å². The van der Waals surface area contributed by atoms with E-state index in [0.29, 0.717) is 0 Å². The summed E-state index contributed by atoms with van der Waals surface area (Å²) in [5.74, 6) is 1.60. The number of benzene rings is 1. The molecule has 2 rings (SSSR count). The summed E-state index contributed by atoms with van der Waals surface area (Å²) in [7, 11) is 1.66. The van der Waals surface area contributed by atoms with E-state index in [-0.39, 0.29) is 0 Å². The van der Waals surface area contributed by atoms with Crippen molar-refractivity contribution < 1.29 is 4.74 Å². The van der Waals surface area contributed by atoms with E-state index in [0.717, 1.165) is 43.0 Å². The molecular formula is C17H24N2O. The minimum atomic E-state index is -0.420. The van der Waals surface area contributed by atoms with Gasteiger partial charge in [-0.1, -0.05) is 25.8 Å². The summed E-state index contributed by atoms with van der Waals surface area (Å²) < 4.78 is 5.25. The van der Waals surface area contributed by atoms with Crippen molar-refractivity contribution in [1.29, 1.82) is 5.26 Å². The van der Waals surface area contributed by atoms with E-state index in [1.807, 2.05) is 24.3 Å². The van der Waals surface area contributed by atoms with Gasteiger partial charge in [-0.2, -0.15) is 5.26 Å². The van der Waals surface area contributed by atoms with Gasteiger partial charge in [-0.25, -0.2) is 0 Å². The van der Waals surface area contributed by atoms with Gasteiger partial charge in [0.1, 0.15) is 11.3 Å². The molecule has 1 aliphatic carbocycles. The van der Waals surface area contributed by atoms with E-state index >= 15 is 0 Å². The van der Waals surface area contributed by atoms with E-state index in [2.05, 4.69) is 18.3 Å². The molecule has 1 aliphatic rings. The lowest BCUT2D eigenvalue weighted by atomic mass is 9.90. The van der Waals surface area contributed by atoms with Gasteiger partial charge >= 0.3 is 0 Å². The zero-order valence-electron chi connectivity index (χ0n) is 12.5. The zero-order chi connectivity index (χ0) is 14.4. The number of anilines is 1. The molecule has 0 heterocycles. The first-order valence-corrected chi connectivity index (χ1v) is 7.55. The normalized spacial score (nSPS) is 26.4. The SMILES string of the molecule is CCC1CCCC(C#N)(Nc2cccc(OC)c2)CC1. The third-order valence-corrected chi connectivity index (χ3v) is 4.44.